The van der Waals surface area contributed by atoms with Gasteiger partial charge in [-0.05, 0) is 47.2 Å². The Kier molecular flexibility index (Phi) is 5.77. The predicted octanol–water partition coefficient (Wildman–Crippen LogP) is 2.00. The van der Waals surface area contributed by atoms with E-state index in [1.807, 2.05) is 36.4 Å². The highest BCUT2D eigenvalue weighted by Gasteiger charge is 2.36. The molecule has 1 saturated heterocycles. The molecule has 0 saturated carbocycles. The Balaban J connectivity index is 1.42. The molecule has 2 aliphatic rings. The van der Waals surface area contributed by atoms with Crippen LogP contribution in [0.25, 0.3) is 11.1 Å². The lowest BCUT2D eigenvalue weighted by molar-refractivity contribution is -0.130. The summed E-state index contributed by atoms with van der Waals surface area (Å²) in [6.45, 7) is 1.53. The number of ether oxygens (including phenoxy) is 1. The summed E-state index contributed by atoms with van der Waals surface area (Å²) in [5, 5.41) is 12.3. The number of hydrogen-bond donors (Lipinski definition) is 2. The highest BCUT2D eigenvalue weighted by Crippen LogP contribution is 2.28. The van der Waals surface area contributed by atoms with Crippen LogP contribution in [0.1, 0.15) is 34.3 Å². The fourth-order valence-corrected chi connectivity index (χ4v) is 4.11. The topological polar surface area (TPSA) is 108 Å². The Morgan fingerprint density at radius 2 is 1.90 bits per heavy atom. The van der Waals surface area contributed by atoms with E-state index in [1.165, 1.54) is 0 Å². The van der Waals surface area contributed by atoms with Crippen molar-refractivity contribution in [1.82, 2.24) is 10.2 Å². The van der Waals surface area contributed by atoms with Crippen molar-refractivity contribution < 1.29 is 14.3 Å². The molecule has 0 aliphatic carbocycles. The zero-order valence-electron chi connectivity index (χ0n) is 17.6. The number of nitriles is 1. The van der Waals surface area contributed by atoms with Gasteiger partial charge >= 0.3 is 0 Å². The molecule has 0 spiro atoms. The molecule has 2 heterocycles. The maximum Gasteiger partial charge on any atom is 0.254 e. The summed E-state index contributed by atoms with van der Waals surface area (Å²) in [4.78, 5) is 26.4. The van der Waals surface area contributed by atoms with Gasteiger partial charge in [0.1, 0.15) is 6.04 Å². The highest BCUT2D eigenvalue weighted by atomic mass is 16.5. The normalized spacial score (nSPS) is 18.2. The molecule has 2 aromatic rings. The first-order valence-corrected chi connectivity index (χ1v) is 10.4. The lowest BCUT2D eigenvalue weighted by atomic mass is 9.90. The van der Waals surface area contributed by atoms with Crippen molar-refractivity contribution >= 4 is 11.8 Å². The van der Waals surface area contributed by atoms with Gasteiger partial charge in [0.05, 0.1) is 11.6 Å². The van der Waals surface area contributed by atoms with Crippen LogP contribution in [0.5, 0.6) is 0 Å². The molecule has 0 unspecified atom stereocenters. The molecule has 4 rings (SSSR count). The minimum atomic E-state index is -0.972. The molecule has 0 radical (unpaired) electrons. The Morgan fingerprint density at radius 1 is 1.23 bits per heavy atom. The summed E-state index contributed by atoms with van der Waals surface area (Å²) in [7, 11) is 1.80. The predicted molar refractivity (Wildman–Crippen MR) is 116 cm³/mol. The molecule has 0 aromatic heterocycles. The number of rotatable bonds is 5. The molecule has 31 heavy (non-hydrogen) atoms. The lowest BCUT2D eigenvalue weighted by Gasteiger charge is -2.32. The van der Waals surface area contributed by atoms with Gasteiger partial charge in [-0.1, -0.05) is 30.3 Å². The average molecular weight is 418 g/mol. The fraction of sp³-hybridized carbons (Fsp3) is 0.375. The highest BCUT2D eigenvalue weighted by molar-refractivity contribution is 5.98. The lowest BCUT2D eigenvalue weighted by Crippen LogP contribution is -2.58. The average Bonchev–Trinajstić information content (AvgIpc) is 3.07. The zero-order valence-corrected chi connectivity index (χ0v) is 17.6. The first-order valence-electron chi connectivity index (χ1n) is 10.4. The number of hydrogen-bond acceptors (Lipinski definition) is 5. The Bertz CT molecular complexity index is 1040. The van der Waals surface area contributed by atoms with E-state index in [0.717, 1.165) is 27.8 Å². The van der Waals surface area contributed by atoms with Crippen LogP contribution in [0.15, 0.2) is 42.5 Å². The molecule has 2 amide bonds. The van der Waals surface area contributed by atoms with Crippen molar-refractivity contribution in [3.8, 4) is 17.2 Å². The molecule has 160 valence electrons. The third-order valence-electron chi connectivity index (χ3n) is 6.12. The largest absolute Gasteiger partial charge is 0.381 e. The van der Waals surface area contributed by atoms with Crippen molar-refractivity contribution in [3.05, 3.63) is 59.2 Å². The van der Waals surface area contributed by atoms with Gasteiger partial charge in [-0.15, -0.1) is 0 Å². The van der Waals surface area contributed by atoms with Crippen LogP contribution in [-0.2, 0) is 22.5 Å². The van der Waals surface area contributed by atoms with Gasteiger partial charge in [0.25, 0.3) is 5.91 Å². The van der Waals surface area contributed by atoms with Crippen molar-refractivity contribution in [2.24, 2.45) is 5.73 Å². The molecule has 3 N–H and O–H groups in total. The van der Waals surface area contributed by atoms with E-state index >= 15 is 0 Å². The quantitative estimate of drug-likeness (QED) is 0.772. The summed E-state index contributed by atoms with van der Waals surface area (Å²) in [6.07, 6.45) is 1.31. The number of benzene rings is 2. The van der Waals surface area contributed by atoms with Crippen molar-refractivity contribution in [1.29, 1.82) is 5.26 Å². The van der Waals surface area contributed by atoms with Gasteiger partial charge < -0.3 is 20.7 Å². The maximum atomic E-state index is 12.6. The van der Waals surface area contributed by atoms with E-state index in [-0.39, 0.29) is 11.8 Å². The SMILES string of the molecule is CN1Cc2cc(-c3ccc(C[C@@H](C#N)NC(=O)C4(N)CCOCC4)cc3)ccc2C1=O. The Hall–Kier alpha value is -3.21. The standard InChI is InChI=1S/C24H26N4O3/c1-28-15-19-13-18(6-7-21(19)22(28)29)17-4-2-16(3-5-17)12-20(14-25)27-23(30)24(26)8-10-31-11-9-24/h2-7,13,20H,8-12,15,26H2,1H3,(H,27,30)/t20-/m0/s1. The molecular weight excluding hydrogens is 392 g/mol. The first-order chi connectivity index (χ1) is 14.9. The van der Waals surface area contributed by atoms with E-state index in [0.29, 0.717) is 39.0 Å². The summed E-state index contributed by atoms with van der Waals surface area (Å²) < 4.78 is 5.28. The van der Waals surface area contributed by atoms with Gasteiger partial charge in [-0.2, -0.15) is 5.26 Å². The van der Waals surface area contributed by atoms with Gasteiger partial charge in [0, 0.05) is 38.8 Å². The number of amides is 2. The van der Waals surface area contributed by atoms with E-state index in [4.69, 9.17) is 10.5 Å². The molecule has 2 aromatic carbocycles. The van der Waals surface area contributed by atoms with Crippen LogP contribution >= 0.6 is 0 Å². The van der Waals surface area contributed by atoms with Crippen molar-refractivity contribution in [2.45, 2.75) is 37.4 Å². The van der Waals surface area contributed by atoms with E-state index in [2.05, 4.69) is 17.5 Å². The zero-order chi connectivity index (χ0) is 22.0. The number of fused-ring (bicyclic) bond motifs is 1. The number of carbonyl (C=O) groups is 2. The van der Waals surface area contributed by atoms with E-state index in [9.17, 15) is 14.9 Å². The summed E-state index contributed by atoms with van der Waals surface area (Å²) in [5.74, 6) is -0.238. The van der Waals surface area contributed by atoms with Crippen LogP contribution in [0, 0.1) is 11.3 Å². The minimum absolute atomic E-state index is 0.0569. The molecule has 1 atom stereocenters. The smallest absolute Gasteiger partial charge is 0.254 e. The molecule has 2 aliphatic heterocycles. The number of carbonyl (C=O) groups excluding carboxylic acids is 2. The van der Waals surface area contributed by atoms with Crippen molar-refractivity contribution in [3.63, 3.8) is 0 Å². The van der Waals surface area contributed by atoms with Crippen LogP contribution in [-0.4, -0.2) is 48.6 Å². The van der Waals surface area contributed by atoms with Crippen LogP contribution < -0.4 is 11.1 Å². The second kappa shape index (κ2) is 8.50. The molecule has 1 fully saturated rings. The molecule has 7 nitrogen and oxygen atoms in total. The molecular formula is C24H26N4O3. The molecule has 7 heteroatoms. The monoisotopic (exact) mass is 418 g/mol. The summed E-state index contributed by atoms with van der Waals surface area (Å²) >= 11 is 0. The number of nitrogens with two attached hydrogens (primary N) is 1. The minimum Gasteiger partial charge on any atom is -0.381 e. The molecule has 0 bridgehead atoms. The van der Waals surface area contributed by atoms with E-state index in [1.54, 1.807) is 11.9 Å². The maximum absolute atomic E-state index is 12.6. The van der Waals surface area contributed by atoms with Gasteiger partial charge in [-0.25, -0.2) is 0 Å². The van der Waals surface area contributed by atoms with Crippen LogP contribution in [0.4, 0.5) is 0 Å². The van der Waals surface area contributed by atoms with Gasteiger partial charge in [0.2, 0.25) is 5.91 Å². The Labute approximate surface area is 181 Å². The third-order valence-corrected chi connectivity index (χ3v) is 6.12. The second-order valence-electron chi connectivity index (χ2n) is 8.36. The summed E-state index contributed by atoms with van der Waals surface area (Å²) in [6, 6.07) is 15.3. The first kappa shape index (κ1) is 21.0. The summed E-state index contributed by atoms with van der Waals surface area (Å²) in [5.41, 5.74) is 10.1. The second-order valence-corrected chi connectivity index (χ2v) is 8.36. The Morgan fingerprint density at radius 3 is 2.58 bits per heavy atom. The van der Waals surface area contributed by atoms with Crippen LogP contribution in [0.3, 0.4) is 0 Å². The van der Waals surface area contributed by atoms with Crippen LogP contribution in [0.2, 0.25) is 0 Å². The third kappa shape index (κ3) is 4.31. The number of nitrogens with one attached hydrogen (secondary N) is 1. The van der Waals surface area contributed by atoms with E-state index < -0.39 is 11.6 Å². The fourth-order valence-electron chi connectivity index (χ4n) is 4.11. The van der Waals surface area contributed by atoms with Gasteiger partial charge in [-0.3, -0.25) is 9.59 Å². The van der Waals surface area contributed by atoms with Crippen molar-refractivity contribution in [2.75, 3.05) is 20.3 Å². The van der Waals surface area contributed by atoms with Gasteiger partial charge in [0.15, 0.2) is 0 Å². The number of nitrogens with zero attached hydrogens (tertiary/aromatic N) is 2.